The van der Waals surface area contributed by atoms with Gasteiger partial charge < -0.3 is 10.6 Å². The first-order valence-corrected chi connectivity index (χ1v) is 5.57. The topological polar surface area (TPSA) is 41.6 Å². The molecule has 1 aliphatic rings. The normalized spacial score (nSPS) is 22.2. The summed E-state index contributed by atoms with van der Waals surface area (Å²) in [5, 5.41) is 0. The molecule has 13 heavy (non-hydrogen) atoms. The van der Waals surface area contributed by atoms with Crippen LogP contribution >= 0.6 is 27.3 Å². The lowest BCUT2D eigenvalue weighted by Crippen LogP contribution is -2.31. The van der Waals surface area contributed by atoms with Crippen LogP contribution in [0, 0.1) is 0 Å². The van der Waals surface area contributed by atoms with Gasteiger partial charge in [-0.15, -0.1) is 11.3 Å². The summed E-state index contributed by atoms with van der Waals surface area (Å²) in [6.07, 6.45) is 0. The maximum atomic E-state index is 5.68. The van der Waals surface area contributed by atoms with Crippen molar-refractivity contribution >= 4 is 33.2 Å². The average molecular weight is 260 g/mol. The number of thiophene rings is 1. The van der Waals surface area contributed by atoms with E-state index in [9.17, 15) is 0 Å². The maximum absolute atomic E-state index is 5.68. The molecule has 1 aliphatic heterocycles. The van der Waals surface area contributed by atoms with Gasteiger partial charge in [0, 0.05) is 11.9 Å². The largest absolute Gasteiger partial charge is 0.370 e. The minimum absolute atomic E-state index is 0.330. The number of likely N-dealkylation sites (N-methyl/N-ethyl adjacent to an activating group) is 1. The van der Waals surface area contributed by atoms with Gasteiger partial charge in [0.1, 0.15) is 0 Å². The van der Waals surface area contributed by atoms with Crippen molar-refractivity contribution in [2.24, 2.45) is 10.7 Å². The number of nitrogens with zero attached hydrogens (tertiary/aromatic N) is 2. The Balaban J connectivity index is 2.21. The molecule has 0 spiro atoms. The summed E-state index contributed by atoms with van der Waals surface area (Å²) in [7, 11) is 1.98. The Bertz CT molecular complexity index is 347. The highest BCUT2D eigenvalue weighted by Gasteiger charge is 2.24. The first kappa shape index (κ1) is 9.02. The molecule has 70 valence electrons. The van der Waals surface area contributed by atoms with Gasteiger partial charge in [0.25, 0.3) is 0 Å². The second-order valence-electron chi connectivity index (χ2n) is 2.97. The third-order valence-corrected chi connectivity index (χ3v) is 3.90. The van der Waals surface area contributed by atoms with Gasteiger partial charge in [-0.1, -0.05) is 0 Å². The fraction of sp³-hybridized carbons (Fsp3) is 0.375. The molecule has 0 aliphatic carbocycles. The second-order valence-corrected chi connectivity index (χ2v) is 5.46. The second kappa shape index (κ2) is 3.31. The van der Waals surface area contributed by atoms with Crippen molar-refractivity contribution in [1.82, 2.24) is 4.90 Å². The monoisotopic (exact) mass is 259 g/mol. The van der Waals surface area contributed by atoms with Crippen LogP contribution in [0.4, 0.5) is 0 Å². The van der Waals surface area contributed by atoms with Crippen molar-refractivity contribution < 1.29 is 0 Å². The first-order valence-electron chi connectivity index (χ1n) is 3.96. The molecule has 0 radical (unpaired) electrons. The standard InChI is InChI=1S/C8H10BrN3S/c1-12-5(4-11-8(12)10)6-2-3-7(9)13-6/h2-3,5H,4H2,1H3,(H2,10,11). The Morgan fingerprint density at radius 2 is 2.46 bits per heavy atom. The Morgan fingerprint density at radius 3 is 2.92 bits per heavy atom. The molecule has 0 fully saturated rings. The number of halogens is 1. The lowest BCUT2D eigenvalue weighted by Gasteiger charge is -2.19. The summed E-state index contributed by atoms with van der Waals surface area (Å²) in [4.78, 5) is 7.51. The molecule has 2 heterocycles. The fourth-order valence-electron chi connectivity index (χ4n) is 1.36. The van der Waals surface area contributed by atoms with Crippen molar-refractivity contribution in [3.8, 4) is 0 Å². The number of hydrogen-bond acceptors (Lipinski definition) is 4. The molecular formula is C8H10BrN3S. The summed E-state index contributed by atoms with van der Waals surface area (Å²) in [5.74, 6) is 0.634. The molecule has 0 bridgehead atoms. The Morgan fingerprint density at radius 1 is 1.69 bits per heavy atom. The lowest BCUT2D eigenvalue weighted by atomic mass is 10.2. The van der Waals surface area contributed by atoms with Crippen molar-refractivity contribution in [2.45, 2.75) is 6.04 Å². The van der Waals surface area contributed by atoms with Crippen LogP contribution in [0.3, 0.4) is 0 Å². The van der Waals surface area contributed by atoms with E-state index in [2.05, 4.69) is 33.1 Å². The van der Waals surface area contributed by atoms with E-state index >= 15 is 0 Å². The highest BCUT2D eigenvalue weighted by Crippen LogP contribution is 2.32. The third kappa shape index (κ3) is 1.58. The molecule has 2 N–H and O–H groups in total. The summed E-state index contributed by atoms with van der Waals surface area (Å²) in [5.41, 5.74) is 5.68. The van der Waals surface area contributed by atoms with Crippen molar-refractivity contribution in [1.29, 1.82) is 0 Å². The number of nitrogens with two attached hydrogens (primary N) is 1. The Hall–Kier alpha value is -0.550. The minimum Gasteiger partial charge on any atom is -0.370 e. The van der Waals surface area contributed by atoms with Gasteiger partial charge in [0.15, 0.2) is 5.96 Å². The quantitative estimate of drug-likeness (QED) is 0.836. The molecular weight excluding hydrogens is 250 g/mol. The van der Waals surface area contributed by atoms with Crippen LogP contribution in [-0.4, -0.2) is 24.5 Å². The van der Waals surface area contributed by atoms with E-state index in [-0.39, 0.29) is 0 Å². The fourth-order valence-corrected chi connectivity index (χ4v) is 2.92. The minimum atomic E-state index is 0.330. The lowest BCUT2D eigenvalue weighted by molar-refractivity contribution is 0.420. The number of rotatable bonds is 1. The third-order valence-electron chi connectivity index (χ3n) is 2.18. The van der Waals surface area contributed by atoms with E-state index in [1.165, 1.54) is 4.88 Å². The molecule has 0 saturated heterocycles. The maximum Gasteiger partial charge on any atom is 0.191 e. The predicted octanol–water partition coefficient (Wildman–Crippen LogP) is 1.81. The van der Waals surface area contributed by atoms with E-state index in [1.54, 1.807) is 11.3 Å². The van der Waals surface area contributed by atoms with Crippen LogP contribution in [0.25, 0.3) is 0 Å². The Labute approximate surface area is 89.4 Å². The van der Waals surface area contributed by atoms with Crippen LogP contribution in [-0.2, 0) is 0 Å². The molecule has 3 nitrogen and oxygen atoms in total. The molecule has 5 heteroatoms. The summed E-state index contributed by atoms with van der Waals surface area (Å²) in [6, 6.07) is 4.50. The number of hydrogen-bond donors (Lipinski definition) is 1. The van der Waals surface area contributed by atoms with Gasteiger partial charge in [-0.2, -0.15) is 0 Å². The van der Waals surface area contributed by atoms with Gasteiger partial charge in [-0.05, 0) is 28.1 Å². The molecule has 1 aromatic heterocycles. The van der Waals surface area contributed by atoms with E-state index in [1.807, 2.05) is 11.9 Å². The SMILES string of the molecule is CN1C(N)=NCC1c1ccc(Br)s1. The van der Waals surface area contributed by atoms with E-state index in [0.717, 1.165) is 10.3 Å². The zero-order valence-electron chi connectivity index (χ0n) is 7.20. The van der Waals surface area contributed by atoms with Crippen molar-refractivity contribution in [3.05, 3.63) is 20.8 Å². The summed E-state index contributed by atoms with van der Waals surface area (Å²) < 4.78 is 1.15. The van der Waals surface area contributed by atoms with Gasteiger partial charge in [0.2, 0.25) is 0 Å². The van der Waals surface area contributed by atoms with Crippen LogP contribution in [0.15, 0.2) is 20.9 Å². The highest BCUT2D eigenvalue weighted by molar-refractivity contribution is 9.11. The molecule has 0 aromatic carbocycles. The number of guanidine groups is 1. The molecule has 0 saturated carbocycles. The van der Waals surface area contributed by atoms with E-state index in [0.29, 0.717) is 12.0 Å². The molecule has 1 unspecified atom stereocenters. The predicted molar refractivity (Wildman–Crippen MR) is 59.0 cm³/mol. The first-order chi connectivity index (χ1) is 6.18. The molecule has 2 rings (SSSR count). The average Bonchev–Trinajstić information content (AvgIpc) is 2.62. The van der Waals surface area contributed by atoms with Gasteiger partial charge in [-0.3, -0.25) is 4.99 Å². The summed E-state index contributed by atoms with van der Waals surface area (Å²) >= 11 is 5.18. The molecule has 1 atom stereocenters. The van der Waals surface area contributed by atoms with Crippen LogP contribution in [0.5, 0.6) is 0 Å². The van der Waals surface area contributed by atoms with Crippen LogP contribution in [0.1, 0.15) is 10.9 Å². The van der Waals surface area contributed by atoms with Crippen LogP contribution in [0.2, 0.25) is 0 Å². The zero-order chi connectivity index (χ0) is 9.42. The Kier molecular flexibility index (Phi) is 2.29. The van der Waals surface area contributed by atoms with E-state index < -0.39 is 0 Å². The van der Waals surface area contributed by atoms with Gasteiger partial charge >= 0.3 is 0 Å². The van der Waals surface area contributed by atoms with Gasteiger partial charge in [-0.25, -0.2) is 0 Å². The molecule has 0 amide bonds. The number of aliphatic imine (C=N–C) groups is 1. The highest BCUT2D eigenvalue weighted by atomic mass is 79.9. The smallest absolute Gasteiger partial charge is 0.191 e. The van der Waals surface area contributed by atoms with Crippen LogP contribution < -0.4 is 5.73 Å². The van der Waals surface area contributed by atoms with Crippen molar-refractivity contribution in [3.63, 3.8) is 0 Å². The van der Waals surface area contributed by atoms with E-state index in [4.69, 9.17) is 5.73 Å². The zero-order valence-corrected chi connectivity index (χ0v) is 9.60. The molecule has 1 aromatic rings. The van der Waals surface area contributed by atoms with Crippen molar-refractivity contribution in [2.75, 3.05) is 13.6 Å². The van der Waals surface area contributed by atoms with Gasteiger partial charge in [0.05, 0.1) is 16.4 Å². The summed E-state index contributed by atoms with van der Waals surface area (Å²) in [6.45, 7) is 0.773.